The fourth-order valence-electron chi connectivity index (χ4n) is 2.05. The van der Waals surface area contributed by atoms with Gasteiger partial charge in [-0.05, 0) is 19.8 Å². The van der Waals surface area contributed by atoms with Crippen LogP contribution in [0.1, 0.15) is 40.5 Å². The van der Waals surface area contributed by atoms with Crippen LogP contribution in [0.3, 0.4) is 0 Å². The lowest BCUT2D eigenvalue weighted by Gasteiger charge is -2.28. The lowest BCUT2D eigenvalue weighted by molar-refractivity contribution is -0.220. The van der Waals surface area contributed by atoms with E-state index in [1.54, 1.807) is 13.8 Å². The first-order chi connectivity index (χ1) is 7.48. The number of hydrogen-bond acceptors (Lipinski definition) is 4. The van der Waals surface area contributed by atoms with E-state index in [-0.39, 0.29) is 6.10 Å². The number of carbonyl (C=O) groups is 1. The predicted octanol–water partition coefficient (Wildman–Crippen LogP) is 1.78. The summed E-state index contributed by atoms with van der Waals surface area (Å²) in [6, 6.07) is 0.601. The Labute approximate surface area is 97.9 Å². The minimum atomic E-state index is -0.808. The molecule has 2 atom stereocenters. The third-order valence-electron chi connectivity index (χ3n) is 3.17. The summed E-state index contributed by atoms with van der Waals surface area (Å²) in [6.07, 6.45) is 2.33. The van der Waals surface area contributed by atoms with Gasteiger partial charge >= 0.3 is 0 Å². The summed E-state index contributed by atoms with van der Waals surface area (Å²) in [7, 11) is 0. The summed E-state index contributed by atoms with van der Waals surface area (Å²) in [5, 5.41) is 0. The van der Waals surface area contributed by atoms with Crippen LogP contribution in [0.5, 0.6) is 0 Å². The second-order valence-electron chi connectivity index (χ2n) is 4.89. The highest BCUT2D eigenvalue weighted by atomic mass is 16.7. The van der Waals surface area contributed by atoms with Gasteiger partial charge in [0.05, 0.1) is 6.10 Å². The van der Waals surface area contributed by atoms with Crippen molar-refractivity contribution in [3.8, 4) is 0 Å². The van der Waals surface area contributed by atoms with E-state index in [1.807, 2.05) is 0 Å². The molecule has 0 amide bonds. The molecule has 0 N–H and O–H groups in total. The zero-order chi connectivity index (χ0) is 12.2. The van der Waals surface area contributed by atoms with Gasteiger partial charge in [0.15, 0.2) is 0 Å². The molecule has 4 heteroatoms. The van der Waals surface area contributed by atoms with Crippen molar-refractivity contribution in [3.05, 3.63) is 0 Å². The largest absolute Gasteiger partial charge is 0.436 e. The van der Waals surface area contributed by atoms with Crippen LogP contribution in [0.4, 0.5) is 0 Å². The van der Waals surface area contributed by atoms with Gasteiger partial charge in [0, 0.05) is 33.0 Å². The molecule has 1 saturated heterocycles. The lowest BCUT2D eigenvalue weighted by Crippen LogP contribution is -2.36. The fraction of sp³-hybridized carbons (Fsp3) is 0.917. The van der Waals surface area contributed by atoms with Crippen molar-refractivity contribution in [2.45, 2.75) is 58.5 Å². The Balaban J connectivity index is 2.39. The monoisotopic (exact) mass is 229 g/mol. The summed E-state index contributed by atoms with van der Waals surface area (Å²) in [5.74, 6) is -0.808. The van der Waals surface area contributed by atoms with E-state index in [4.69, 9.17) is 9.47 Å². The highest BCUT2D eigenvalue weighted by Gasteiger charge is 2.31. The van der Waals surface area contributed by atoms with Crippen LogP contribution in [0.2, 0.25) is 0 Å². The molecule has 1 fully saturated rings. The second-order valence-corrected chi connectivity index (χ2v) is 4.89. The van der Waals surface area contributed by atoms with Crippen molar-refractivity contribution in [1.82, 2.24) is 4.90 Å². The number of carbonyl (C=O) groups excluding carboxylic acids is 1. The number of likely N-dealkylation sites (tertiary alicyclic amines) is 1. The smallest absolute Gasteiger partial charge is 0.295 e. The summed E-state index contributed by atoms with van der Waals surface area (Å²) >= 11 is 0. The van der Waals surface area contributed by atoms with Gasteiger partial charge in [0.2, 0.25) is 5.79 Å². The van der Waals surface area contributed by atoms with Crippen LogP contribution in [0.25, 0.3) is 0 Å². The molecule has 1 aliphatic rings. The average Bonchev–Trinajstić information content (AvgIpc) is 2.64. The van der Waals surface area contributed by atoms with Crippen molar-refractivity contribution >= 4 is 6.47 Å². The summed E-state index contributed by atoms with van der Waals surface area (Å²) in [4.78, 5) is 12.7. The van der Waals surface area contributed by atoms with Crippen molar-refractivity contribution in [3.63, 3.8) is 0 Å². The van der Waals surface area contributed by atoms with Crippen molar-refractivity contribution in [2.75, 3.05) is 13.1 Å². The Bertz CT molecular complexity index is 230. The zero-order valence-corrected chi connectivity index (χ0v) is 10.7. The average molecular weight is 229 g/mol. The van der Waals surface area contributed by atoms with Crippen LogP contribution >= 0.6 is 0 Å². The first-order valence-corrected chi connectivity index (χ1v) is 6.02. The Morgan fingerprint density at radius 1 is 1.56 bits per heavy atom. The van der Waals surface area contributed by atoms with E-state index >= 15 is 0 Å². The van der Waals surface area contributed by atoms with Crippen LogP contribution in [-0.2, 0) is 14.3 Å². The molecule has 1 heterocycles. The minimum absolute atomic E-state index is 0.170. The molecular formula is C12H23NO3. The highest BCUT2D eigenvalue weighted by Crippen LogP contribution is 2.22. The molecule has 0 aromatic rings. The molecule has 94 valence electrons. The van der Waals surface area contributed by atoms with Crippen LogP contribution in [0.15, 0.2) is 0 Å². The zero-order valence-electron chi connectivity index (χ0n) is 10.7. The van der Waals surface area contributed by atoms with Crippen LogP contribution < -0.4 is 0 Å². The third kappa shape index (κ3) is 3.76. The molecule has 0 spiro atoms. The Morgan fingerprint density at radius 3 is 2.81 bits per heavy atom. The van der Waals surface area contributed by atoms with E-state index in [1.165, 1.54) is 0 Å². The summed E-state index contributed by atoms with van der Waals surface area (Å²) < 4.78 is 10.7. The minimum Gasteiger partial charge on any atom is -0.436 e. The quantitative estimate of drug-likeness (QED) is 0.514. The molecule has 2 unspecified atom stereocenters. The van der Waals surface area contributed by atoms with Crippen molar-refractivity contribution < 1.29 is 14.3 Å². The van der Waals surface area contributed by atoms with Gasteiger partial charge in [-0.2, -0.15) is 0 Å². The van der Waals surface area contributed by atoms with E-state index in [2.05, 4.69) is 18.7 Å². The maximum absolute atomic E-state index is 10.3. The second kappa shape index (κ2) is 5.64. The Morgan fingerprint density at radius 2 is 2.25 bits per heavy atom. The summed E-state index contributed by atoms with van der Waals surface area (Å²) in [6.45, 7) is 10.4. The van der Waals surface area contributed by atoms with Crippen LogP contribution in [-0.4, -0.2) is 42.4 Å². The molecule has 16 heavy (non-hydrogen) atoms. The molecule has 0 saturated carbocycles. The highest BCUT2D eigenvalue weighted by molar-refractivity contribution is 5.37. The maximum Gasteiger partial charge on any atom is 0.295 e. The first-order valence-electron chi connectivity index (χ1n) is 6.02. The van der Waals surface area contributed by atoms with Gasteiger partial charge in [0.25, 0.3) is 6.47 Å². The third-order valence-corrected chi connectivity index (χ3v) is 3.17. The molecule has 0 aliphatic carbocycles. The van der Waals surface area contributed by atoms with Gasteiger partial charge in [-0.1, -0.05) is 6.92 Å². The molecule has 0 aromatic carbocycles. The predicted molar refractivity (Wildman–Crippen MR) is 62.0 cm³/mol. The van der Waals surface area contributed by atoms with E-state index in [0.29, 0.717) is 12.5 Å². The van der Waals surface area contributed by atoms with Gasteiger partial charge in [0.1, 0.15) is 0 Å². The number of ether oxygens (including phenoxy) is 2. The molecule has 0 aromatic heterocycles. The van der Waals surface area contributed by atoms with Gasteiger partial charge in [-0.3, -0.25) is 9.69 Å². The molecular weight excluding hydrogens is 206 g/mol. The summed E-state index contributed by atoms with van der Waals surface area (Å²) in [5.41, 5.74) is 0. The topological polar surface area (TPSA) is 38.8 Å². The fourth-order valence-corrected chi connectivity index (χ4v) is 2.05. The standard InChI is InChI=1S/C12H23NO3/c1-5-10(2)13-7-6-11(8-13)16-12(3,4)15-9-14/h9-11H,5-8H2,1-4H3. The SMILES string of the molecule is CCC(C)N1CCC(OC(C)(C)OC=O)C1. The van der Waals surface area contributed by atoms with E-state index < -0.39 is 5.79 Å². The molecule has 1 rings (SSSR count). The Kier molecular flexibility index (Phi) is 4.74. The van der Waals surface area contributed by atoms with Gasteiger partial charge in [-0.15, -0.1) is 0 Å². The van der Waals surface area contributed by atoms with Crippen molar-refractivity contribution in [2.24, 2.45) is 0 Å². The number of hydrogen-bond donors (Lipinski definition) is 0. The number of nitrogens with zero attached hydrogens (tertiary/aromatic N) is 1. The van der Waals surface area contributed by atoms with Crippen LogP contribution in [0, 0.1) is 0 Å². The number of rotatable bonds is 6. The molecule has 0 radical (unpaired) electrons. The molecule has 4 nitrogen and oxygen atoms in total. The van der Waals surface area contributed by atoms with Crippen molar-refractivity contribution in [1.29, 1.82) is 0 Å². The van der Waals surface area contributed by atoms with Gasteiger partial charge < -0.3 is 9.47 Å². The van der Waals surface area contributed by atoms with Gasteiger partial charge in [-0.25, -0.2) is 0 Å². The first kappa shape index (κ1) is 13.5. The maximum atomic E-state index is 10.3. The molecule has 1 aliphatic heterocycles. The normalized spacial score (nSPS) is 24.4. The lowest BCUT2D eigenvalue weighted by atomic mass is 10.2. The van der Waals surface area contributed by atoms with E-state index in [9.17, 15) is 4.79 Å². The van der Waals surface area contributed by atoms with E-state index in [0.717, 1.165) is 25.9 Å². The molecule has 0 bridgehead atoms. The Hall–Kier alpha value is -0.610.